The summed E-state index contributed by atoms with van der Waals surface area (Å²) in [6.45, 7) is 1.92. The number of para-hydroxylation sites is 1. The van der Waals surface area contributed by atoms with Gasteiger partial charge in [-0.05, 0) is 60.1 Å². The molecule has 126 valence electrons. The van der Waals surface area contributed by atoms with Crippen molar-refractivity contribution in [3.05, 3.63) is 52.6 Å². The van der Waals surface area contributed by atoms with Crippen LogP contribution in [0.1, 0.15) is 23.2 Å². The number of nitrogens with zero attached hydrogens (tertiary/aromatic N) is 2. The molecule has 1 fully saturated rings. The van der Waals surface area contributed by atoms with Gasteiger partial charge < -0.3 is 15.0 Å². The van der Waals surface area contributed by atoms with Crippen molar-refractivity contribution in [2.24, 2.45) is 0 Å². The smallest absolute Gasteiger partial charge is 0.255 e. The molecule has 0 spiro atoms. The maximum atomic E-state index is 12.6. The zero-order valence-corrected chi connectivity index (χ0v) is 15.1. The fraction of sp³-hybridized carbons (Fsp3) is 0.333. The first-order chi connectivity index (χ1) is 11.6. The Labute approximate surface area is 150 Å². The third-order valence-corrected chi connectivity index (χ3v) is 4.87. The average Bonchev–Trinajstić information content (AvgIpc) is 2.64. The van der Waals surface area contributed by atoms with Crippen molar-refractivity contribution >= 4 is 21.8 Å². The molecule has 0 radical (unpaired) electrons. The summed E-state index contributed by atoms with van der Waals surface area (Å²) in [6.07, 6.45) is 3.55. The van der Waals surface area contributed by atoms with Crippen molar-refractivity contribution in [1.82, 2.24) is 15.2 Å². The largest absolute Gasteiger partial charge is 0.438 e. The molecule has 0 saturated carbocycles. The van der Waals surface area contributed by atoms with Gasteiger partial charge in [0.25, 0.3) is 5.91 Å². The topological polar surface area (TPSA) is 54.5 Å². The second kappa shape index (κ2) is 7.77. The zero-order chi connectivity index (χ0) is 16.9. The Morgan fingerprint density at radius 1 is 1.25 bits per heavy atom. The van der Waals surface area contributed by atoms with Crippen LogP contribution in [-0.2, 0) is 0 Å². The predicted octanol–water partition coefficient (Wildman–Crippen LogP) is 3.46. The Morgan fingerprint density at radius 3 is 2.67 bits per heavy atom. The summed E-state index contributed by atoms with van der Waals surface area (Å²) >= 11 is 3.44. The summed E-state index contributed by atoms with van der Waals surface area (Å²) in [6, 6.07) is 11.4. The van der Waals surface area contributed by atoms with Gasteiger partial charge in [0.1, 0.15) is 5.75 Å². The molecular weight excluding hydrogens is 370 g/mol. The van der Waals surface area contributed by atoms with Crippen molar-refractivity contribution in [2.75, 3.05) is 20.1 Å². The van der Waals surface area contributed by atoms with Gasteiger partial charge in [0.15, 0.2) is 0 Å². The maximum Gasteiger partial charge on any atom is 0.255 e. The monoisotopic (exact) mass is 389 g/mol. The number of piperidine rings is 1. The molecule has 1 aliphatic rings. The van der Waals surface area contributed by atoms with Gasteiger partial charge in [-0.25, -0.2) is 4.98 Å². The van der Waals surface area contributed by atoms with Crippen LogP contribution in [0.3, 0.4) is 0 Å². The Balaban J connectivity index is 1.67. The van der Waals surface area contributed by atoms with Gasteiger partial charge in [-0.3, -0.25) is 4.79 Å². The molecule has 1 aliphatic heterocycles. The second-order valence-corrected chi connectivity index (χ2v) is 6.67. The molecule has 1 aromatic heterocycles. The lowest BCUT2D eigenvalue weighted by Gasteiger charge is -2.31. The summed E-state index contributed by atoms with van der Waals surface area (Å²) < 4.78 is 6.59. The number of hydrogen-bond donors (Lipinski definition) is 1. The zero-order valence-electron chi connectivity index (χ0n) is 13.5. The number of halogens is 1. The lowest BCUT2D eigenvalue weighted by Crippen LogP contribution is -2.43. The third-order valence-electron chi connectivity index (χ3n) is 4.21. The van der Waals surface area contributed by atoms with E-state index in [1.165, 1.54) is 0 Å². The summed E-state index contributed by atoms with van der Waals surface area (Å²) in [5, 5.41) is 3.31. The van der Waals surface area contributed by atoms with E-state index in [9.17, 15) is 4.79 Å². The molecule has 1 N–H and O–H groups in total. The quantitative estimate of drug-likeness (QED) is 0.869. The van der Waals surface area contributed by atoms with Crippen LogP contribution >= 0.6 is 15.9 Å². The van der Waals surface area contributed by atoms with E-state index in [1.54, 1.807) is 18.3 Å². The highest BCUT2D eigenvalue weighted by Crippen LogP contribution is 2.28. The highest BCUT2D eigenvalue weighted by Gasteiger charge is 2.23. The molecule has 0 bridgehead atoms. The van der Waals surface area contributed by atoms with Crippen molar-refractivity contribution in [1.29, 1.82) is 0 Å². The number of rotatable bonds is 4. The van der Waals surface area contributed by atoms with Crippen LogP contribution in [0.2, 0.25) is 0 Å². The Hall–Kier alpha value is -1.92. The number of pyridine rings is 1. The molecule has 2 aromatic rings. The van der Waals surface area contributed by atoms with Gasteiger partial charge in [0.05, 0.1) is 10.0 Å². The Morgan fingerprint density at radius 2 is 2.00 bits per heavy atom. The lowest BCUT2D eigenvalue weighted by atomic mass is 10.0. The molecule has 0 unspecified atom stereocenters. The van der Waals surface area contributed by atoms with Crippen LogP contribution in [0.25, 0.3) is 0 Å². The molecule has 0 atom stereocenters. The average molecular weight is 390 g/mol. The number of hydrogen-bond acceptors (Lipinski definition) is 4. The number of ether oxygens (including phenoxy) is 1. The van der Waals surface area contributed by atoms with Crippen molar-refractivity contribution in [3.8, 4) is 11.6 Å². The second-order valence-electron chi connectivity index (χ2n) is 5.81. The molecule has 0 aliphatic carbocycles. The number of benzene rings is 1. The van der Waals surface area contributed by atoms with Crippen LogP contribution in [-0.4, -0.2) is 42.0 Å². The van der Waals surface area contributed by atoms with E-state index in [4.69, 9.17) is 4.74 Å². The van der Waals surface area contributed by atoms with E-state index in [1.807, 2.05) is 36.2 Å². The van der Waals surface area contributed by atoms with E-state index in [-0.39, 0.29) is 11.9 Å². The summed E-state index contributed by atoms with van der Waals surface area (Å²) in [5.74, 6) is 1.15. The summed E-state index contributed by atoms with van der Waals surface area (Å²) in [7, 11) is 1.86. The van der Waals surface area contributed by atoms with Gasteiger partial charge in [-0.2, -0.15) is 0 Å². The van der Waals surface area contributed by atoms with Crippen LogP contribution in [0.4, 0.5) is 0 Å². The van der Waals surface area contributed by atoms with Gasteiger partial charge in [0.2, 0.25) is 5.88 Å². The van der Waals surface area contributed by atoms with E-state index >= 15 is 0 Å². The Kier molecular flexibility index (Phi) is 5.48. The van der Waals surface area contributed by atoms with Crippen molar-refractivity contribution < 1.29 is 9.53 Å². The summed E-state index contributed by atoms with van der Waals surface area (Å²) in [5.41, 5.74) is 0.579. The molecule has 2 heterocycles. The molecule has 5 nitrogen and oxygen atoms in total. The Bertz CT molecular complexity index is 700. The van der Waals surface area contributed by atoms with Crippen LogP contribution in [0, 0.1) is 0 Å². The summed E-state index contributed by atoms with van der Waals surface area (Å²) in [4.78, 5) is 18.7. The minimum atomic E-state index is 0.00171. The number of amides is 1. The molecule has 6 heteroatoms. The standard InChI is InChI=1S/C18H20BrN3O2/c1-22(14-8-10-20-11-9-14)18(23)13-6-7-17(21-12-13)24-16-5-3-2-4-15(16)19/h2-7,12,14,20H,8-11H2,1H3. The molecule has 1 aromatic carbocycles. The van der Waals surface area contributed by atoms with E-state index < -0.39 is 0 Å². The first kappa shape index (κ1) is 16.9. The van der Waals surface area contributed by atoms with Crippen LogP contribution < -0.4 is 10.1 Å². The lowest BCUT2D eigenvalue weighted by molar-refractivity contribution is 0.0703. The van der Waals surface area contributed by atoms with Crippen molar-refractivity contribution in [2.45, 2.75) is 18.9 Å². The predicted molar refractivity (Wildman–Crippen MR) is 96.4 cm³/mol. The molecule has 1 saturated heterocycles. The first-order valence-electron chi connectivity index (χ1n) is 8.01. The SMILES string of the molecule is CN(C(=O)c1ccc(Oc2ccccc2Br)nc1)C1CCNCC1. The van der Waals surface area contributed by atoms with Crippen molar-refractivity contribution in [3.63, 3.8) is 0 Å². The number of carbonyl (C=O) groups is 1. The highest BCUT2D eigenvalue weighted by atomic mass is 79.9. The fourth-order valence-electron chi connectivity index (χ4n) is 2.77. The fourth-order valence-corrected chi connectivity index (χ4v) is 3.14. The van der Waals surface area contributed by atoms with Crippen LogP contribution in [0.15, 0.2) is 47.1 Å². The van der Waals surface area contributed by atoms with Crippen LogP contribution in [0.5, 0.6) is 11.6 Å². The molecule has 1 amide bonds. The molecule has 3 rings (SSSR count). The van der Waals surface area contributed by atoms with E-state index in [2.05, 4.69) is 26.2 Å². The number of aromatic nitrogens is 1. The van der Waals surface area contributed by atoms with E-state index in [0.717, 1.165) is 30.4 Å². The van der Waals surface area contributed by atoms with Gasteiger partial charge in [-0.15, -0.1) is 0 Å². The number of carbonyl (C=O) groups excluding carboxylic acids is 1. The maximum absolute atomic E-state index is 12.6. The van der Waals surface area contributed by atoms with Gasteiger partial charge in [0, 0.05) is 25.4 Å². The van der Waals surface area contributed by atoms with Gasteiger partial charge >= 0.3 is 0 Å². The normalized spacial score (nSPS) is 15.1. The number of nitrogens with one attached hydrogen (secondary N) is 1. The molecule has 24 heavy (non-hydrogen) atoms. The first-order valence-corrected chi connectivity index (χ1v) is 8.81. The third kappa shape index (κ3) is 3.94. The van der Waals surface area contributed by atoms with E-state index in [0.29, 0.717) is 17.2 Å². The van der Waals surface area contributed by atoms with Gasteiger partial charge in [-0.1, -0.05) is 12.1 Å². The highest BCUT2D eigenvalue weighted by molar-refractivity contribution is 9.10. The minimum Gasteiger partial charge on any atom is -0.438 e. The minimum absolute atomic E-state index is 0.00171. The molecular formula is C18H20BrN3O2.